The van der Waals surface area contributed by atoms with Gasteiger partial charge in [0, 0.05) is 17.6 Å². The van der Waals surface area contributed by atoms with Crippen LogP contribution in [-0.4, -0.2) is 31.1 Å². The molecule has 1 aromatic rings. The summed E-state index contributed by atoms with van der Waals surface area (Å²) in [5.74, 6) is -1.04. The highest BCUT2D eigenvalue weighted by atomic mass is 19.2. The van der Waals surface area contributed by atoms with Crippen molar-refractivity contribution < 1.29 is 8.78 Å². The van der Waals surface area contributed by atoms with Gasteiger partial charge < -0.3 is 5.32 Å². The average molecular weight is 294 g/mol. The van der Waals surface area contributed by atoms with E-state index >= 15 is 0 Å². The molecule has 1 aromatic carbocycles. The first-order valence-electron chi connectivity index (χ1n) is 8.06. The molecule has 1 N–H and O–H groups in total. The van der Waals surface area contributed by atoms with Crippen molar-refractivity contribution in [3.63, 3.8) is 0 Å². The molecule has 21 heavy (non-hydrogen) atoms. The first-order chi connectivity index (χ1) is 10.2. The Bertz CT molecular complexity index is 488. The summed E-state index contributed by atoms with van der Waals surface area (Å²) in [7, 11) is 1.94. The second-order valence-corrected chi connectivity index (χ2v) is 6.37. The van der Waals surface area contributed by atoms with E-state index in [0.29, 0.717) is 17.5 Å². The molecule has 1 aliphatic heterocycles. The van der Waals surface area contributed by atoms with Crippen LogP contribution in [0, 0.1) is 17.6 Å². The molecule has 2 aliphatic rings. The second-order valence-electron chi connectivity index (χ2n) is 6.37. The smallest absolute Gasteiger partial charge is 0.163 e. The Morgan fingerprint density at radius 3 is 2.71 bits per heavy atom. The first kappa shape index (κ1) is 14.9. The van der Waals surface area contributed by atoms with Crippen molar-refractivity contribution in [2.75, 3.05) is 20.1 Å². The third-order valence-electron chi connectivity index (χ3n) is 4.83. The average Bonchev–Trinajstić information content (AvgIpc) is 3.29. The minimum absolute atomic E-state index is 0.00292. The SMILES string of the molecule is CNCC1CCCCN(C2CC2)C1c1cccc(F)c1F. The van der Waals surface area contributed by atoms with Crippen molar-refractivity contribution in [3.8, 4) is 0 Å². The van der Waals surface area contributed by atoms with E-state index in [9.17, 15) is 8.78 Å². The van der Waals surface area contributed by atoms with Crippen molar-refractivity contribution >= 4 is 0 Å². The van der Waals surface area contributed by atoms with Crippen molar-refractivity contribution in [1.82, 2.24) is 10.2 Å². The van der Waals surface area contributed by atoms with Crippen LogP contribution in [0.1, 0.15) is 43.7 Å². The summed E-state index contributed by atoms with van der Waals surface area (Å²) in [6, 6.07) is 5.19. The molecule has 1 saturated carbocycles. The van der Waals surface area contributed by atoms with Crippen molar-refractivity contribution in [1.29, 1.82) is 0 Å². The Balaban J connectivity index is 1.98. The topological polar surface area (TPSA) is 15.3 Å². The van der Waals surface area contributed by atoms with Crippen LogP contribution >= 0.6 is 0 Å². The van der Waals surface area contributed by atoms with Crippen LogP contribution in [0.2, 0.25) is 0 Å². The largest absolute Gasteiger partial charge is 0.319 e. The number of hydrogen-bond donors (Lipinski definition) is 1. The van der Waals surface area contributed by atoms with Gasteiger partial charge in [0.2, 0.25) is 0 Å². The van der Waals surface area contributed by atoms with E-state index in [0.717, 1.165) is 25.9 Å². The van der Waals surface area contributed by atoms with Gasteiger partial charge in [-0.3, -0.25) is 4.90 Å². The van der Waals surface area contributed by atoms with E-state index < -0.39 is 11.6 Å². The van der Waals surface area contributed by atoms with Crippen LogP contribution in [-0.2, 0) is 0 Å². The van der Waals surface area contributed by atoms with Crippen LogP contribution in [0.25, 0.3) is 0 Å². The second kappa shape index (κ2) is 6.41. The minimum atomic E-state index is -0.726. The van der Waals surface area contributed by atoms with Crippen LogP contribution in [0.15, 0.2) is 18.2 Å². The summed E-state index contributed by atoms with van der Waals surface area (Å²) in [4.78, 5) is 2.44. The highest BCUT2D eigenvalue weighted by molar-refractivity contribution is 5.24. The third-order valence-corrected chi connectivity index (χ3v) is 4.83. The van der Waals surface area contributed by atoms with Gasteiger partial charge in [-0.05, 0) is 57.8 Å². The maximum Gasteiger partial charge on any atom is 0.163 e. The van der Waals surface area contributed by atoms with Gasteiger partial charge in [-0.2, -0.15) is 0 Å². The van der Waals surface area contributed by atoms with Crippen molar-refractivity contribution in [2.45, 2.75) is 44.2 Å². The molecule has 2 fully saturated rings. The maximum atomic E-state index is 14.4. The van der Waals surface area contributed by atoms with Gasteiger partial charge in [-0.25, -0.2) is 8.78 Å². The van der Waals surface area contributed by atoms with Gasteiger partial charge in [0.15, 0.2) is 11.6 Å². The molecule has 0 spiro atoms. The molecule has 0 aromatic heterocycles. The number of halogens is 2. The normalized spacial score (nSPS) is 27.6. The molecule has 1 heterocycles. The summed E-state index contributed by atoms with van der Waals surface area (Å²) in [6.07, 6.45) is 5.79. The predicted molar refractivity (Wildman–Crippen MR) is 80.1 cm³/mol. The number of nitrogens with one attached hydrogen (secondary N) is 1. The lowest BCUT2D eigenvalue weighted by Gasteiger charge is -2.36. The molecule has 0 amide bonds. The lowest BCUT2D eigenvalue weighted by atomic mass is 9.88. The number of nitrogens with zero attached hydrogens (tertiary/aromatic N) is 1. The molecule has 2 atom stereocenters. The van der Waals surface area contributed by atoms with E-state index in [-0.39, 0.29) is 6.04 Å². The van der Waals surface area contributed by atoms with E-state index in [1.54, 1.807) is 12.1 Å². The number of hydrogen-bond acceptors (Lipinski definition) is 2. The van der Waals surface area contributed by atoms with Crippen LogP contribution in [0.5, 0.6) is 0 Å². The lowest BCUT2D eigenvalue weighted by Crippen LogP contribution is -2.38. The zero-order valence-corrected chi connectivity index (χ0v) is 12.6. The molecular weight excluding hydrogens is 270 g/mol. The third kappa shape index (κ3) is 3.11. The number of likely N-dealkylation sites (tertiary alicyclic amines) is 1. The van der Waals surface area contributed by atoms with Crippen molar-refractivity contribution in [2.24, 2.45) is 5.92 Å². The van der Waals surface area contributed by atoms with E-state index in [1.807, 2.05) is 7.05 Å². The van der Waals surface area contributed by atoms with Gasteiger partial charge >= 0.3 is 0 Å². The molecular formula is C17H24F2N2. The zero-order chi connectivity index (χ0) is 14.8. The lowest BCUT2D eigenvalue weighted by molar-refractivity contribution is 0.141. The van der Waals surface area contributed by atoms with Crippen LogP contribution < -0.4 is 5.32 Å². The van der Waals surface area contributed by atoms with Gasteiger partial charge in [0.25, 0.3) is 0 Å². The number of benzene rings is 1. The molecule has 2 nitrogen and oxygen atoms in total. The molecule has 1 aliphatic carbocycles. The fraction of sp³-hybridized carbons (Fsp3) is 0.647. The van der Waals surface area contributed by atoms with E-state index in [4.69, 9.17) is 0 Å². The van der Waals surface area contributed by atoms with Crippen LogP contribution in [0.4, 0.5) is 8.78 Å². The molecule has 0 radical (unpaired) electrons. The Morgan fingerprint density at radius 2 is 2.00 bits per heavy atom. The zero-order valence-electron chi connectivity index (χ0n) is 12.6. The maximum absolute atomic E-state index is 14.4. The quantitative estimate of drug-likeness (QED) is 0.914. The Labute approximate surface area is 125 Å². The molecule has 0 bridgehead atoms. The monoisotopic (exact) mass is 294 g/mol. The van der Waals surface area contributed by atoms with Gasteiger partial charge in [-0.15, -0.1) is 0 Å². The highest BCUT2D eigenvalue weighted by Gasteiger charge is 2.40. The molecule has 116 valence electrons. The van der Waals surface area contributed by atoms with E-state index in [2.05, 4.69) is 10.2 Å². The first-order valence-corrected chi connectivity index (χ1v) is 8.06. The summed E-state index contributed by atoms with van der Waals surface area (Å²) in [6.45, 7) is 1.86. The fourth-order valence-electron chi connectivity index (χ4n) is 3.74. The van der Waals surface area contributed by atoms with Gasteiger partial charge in [0.05, 0.1) is 0 Å². The molecule has 4 heteroatoms. The van der Waals surface area contributed by atoms with Crippen molar-refractivity contribution in [3.05, 3.63) is 35.4 Å². The summed E-state index contributed by atoms with van der Waals surface area (Å²) >= 11 is 0. The molecule has 2 unspecified atom stereocenters. The number of rotatable bonds is 4. The highest BCUT2D eigenvalue weighted by Crippen LogP contribution is 2.42. The molecule has 3 rings (SSSR count). The van der Waals surface area contributed by atoms with Gasteiger partial charge in [-0.1, -0.05) is 18.6 Å². The minimum Gasteiger partial charge on any atom is -0.319 e. The van der Waals surface area contributed by atoms with E-state index in [1.165, 1.54) is 25.3 Å². The standard InChI is InChI=1S/C17H24F2N2/c1-20-11-12-5-2-3-10-21(13-8-9-13)17(12)14-6-4-7-15(18)16(14)19/h4,6-7,12-13,17,20H,2-3,5,8-11H2,1H3. The predicted octanol–water partition coefficient (Wildman–Crippen LogP) is 3.49. The Kier molecular flexibility index (Phi) is 4.55. The van der Waals surface area contributed by atoms with Gasteiger partial charge in [0.1, 0.15) is 0 Å². The Hall–Kier alpha value is -1.00. The summed E-state index contributed by atoms with van der Waals surface area (Å²) in [5, 5.41) is 3.24. The fourth-order valence-corrected chi connectivity index (χ4v) is 3.74. The molecule has 1 saturated heterocycles. The van der Waals surface area contributed by atoms with Crippen LogP contribution in [0.3, 0.4) is 0 Å². The Morgan fingerprint density at radius 1 is 1.19 bits per heavy atom. The summed E-state index contributed by atoms with van der Waals surface area (Å²) < 4.78 is 28.1. The summed E-state index contributed by atoms with van der Waals surface area (Å²) in [5.41, 5.74) is 0.545.